The maximum absolute atomic E-state index is 14.6. The molecular weight excluding hydrogens is 593 g/mol. The molecule has 2 atom stereocenters. The van der Waals surface area contributed by atoms with Crippen LogP contribution in [0.15, 0.2) is 43.0 Å². The molecule has 1 aromatic heterocycles. The molecule has 3 heterocycles. The largest absolute Gasteiger partial charge is 0.463 e. The fourth-order valence-corrected chi connectivity index (χ4v) is 7.08. The van der Waals surface area contributed by atoms with E-state index in [4.69, 9.17) is 26.3 Å². The second kappa shape index (κ2) is 12.5. The fourth-order valence-electron chi connectivity index (χ4n) is 6.81. The van der Waals surface area contributed by atoms with Gasteiger partial charge in [-0.1, -0.05) is 36.4 Å². The zero-order chi connectivity index (χ0) is 31.9. The van der Waals surface area contributed by atoms with E-state index in [2.05, 4.69) is 48.4 Å². The van der Waals surface area contributed by atoms with Gasteiger partial charge in [0.1, 0.15) is 11.6 Å². The highest BCUT2D eigenvalue weighted by Crippen LogP contribution is 2.50. The van der Waals surface area contributed by atoms with E-state index in [9.17, 15) is 14.4 Å². The van der Waals surface area contributed by atoms with E-state index in [-0.39, 0.29) is 28.8 Å². The number of amides is 1. The molecule has 0 N–H and O–H groups in total. The highest BCUT2D eigenvalue weighted by Gasteiger charge is 2.49. The van der Waals surface area contributed by atoms with Gasteiger partial charge in [0.15, 0.2) is 0 Å². The Balaban J connectivity index is 1.36. The average Bonchev–Trinajstić information content (AvgIpc) is 3.85. The summed E-state index contributed by atoms with van der Waals surface area (Å²) < 4.78 is 21.0. The number of benzene rings is 2. The first kappa shape index (κ1) is 31.1. The summed E-state index contributed by atoms with van der Waals surface area (Å²) in [6.45, 7) is 9.02. The molecule has 1 saturated carbocycles. The Morgan fingerprint density at radius 2 is 2.04 bits per heavy atom. The molecule has 2 aromatic carbocycles. The minimum Gasteiger partial charge on any atom is -0.463 e. The predicted octanol–water partition coefficient (Wildman–Crippen LogP) is 5.21. The summed E-state index contributed by atoms with van der Waals surface area (Å²) in [4.78, 5) is 30.8. The van der Waals surface area contributed by atoms with Crippen LogP contribution in [-0.2, 0) is 17.8 Å². The molecule has 0 bridgehead atoms. The maximum atomic E-state index is 14.6. The molecule has 2 aliphatic heterocycles. The predicted molar refractivity (Wildman–Crippen MR) is 174 cm³/mol. The Kier molecular flexibility index (Phi) is 8.59. The van der Waals surface area contributed by atoms with Crippen molar-refractivity contribution in [2.45, 2.75) is 51.2 Å². The van der Waals surface area contributed by atoms with Crippen molar-refractivity contribution in [3.05, 3.63) is 65.1 Å². The van der Waals surface area contributed by atoms with Crippen molar-refractivity contribution >= 4 is 39.8 Å². The van der Waals surface area contributed by atoms with Crippen LogP contribution in [0.5, 0.6) is 6.01 Å². The molecule has 45 heavy (non-hydrogen) atoms. The summed E-state index contributed by atoms with van der Waals surface area (Å²) in [6, 6.07) is 11.7. The summed E-state index contributed by atoms with van der Waals surface area (Å²) in [6.07, 6.45) is 4.35. The van der Waals surface area contributed by atoms with Gasteiger partial charge in [-0.05, 0) is 63.9 Å². The first-order valence-electron chi connectivity index (χ1n) is 15.5. The Morgan fingerprint density at radius 1 is 1.24 bits per heavy atom. The normalized spacial score (nSPS) is 19.7. The van der Waals surface area contributed by atoms with Gasteiger partial charge in [-0.15, -0.1) is 0 Å². The fraction of sp³-hybridized carbons (Fsp3) is 0.471. The van der Waals surface area contributed by atoms with Crippen molar-refractivity contribution in [2.24, 2.45) is 5.41 Å². The smallest absolute Gasteiger partial charge is 0.318 e. The number of nitrogens with zero attached hydrogens (tertiary/aromatic N) is 7. The zero-order valence-corrected chi connectivity index (χ0v) is 26.9. The molecule has 1 saturated heterocycles. The molecule has 11 heteroatoms. The quantitative estimate of drug-likeness (QED) is 0.298. The third kappa shape index (κ3) is 5.91. The number of halogens is 2. The van der Waals surface area contributed by atoms with Crippen LogP contribution < -0.4 is 14.5 Å². The van der Waals surface area contributed by atoms with Crippen LogP contribution in [0.4, 0.5) is 15.9 Å². The van der Waals surface area contributed by atoms with Gasteiger partial charge in [0, 0.05) is 54.3 Å². The van der Waals surface area contributed by atoms with Gasteiger partial charge < -0.3 is 24.3 Å². The minimum absolute atomic E-state index is 0.0628. The highest BCUT2D eigenvalue weighted by molar-refractivity contribution is 6.36. The lowest BCUT2D eigenvalue weighted by molar-refractivity contribution is -0.128. The van der Waals surface area contributed by atoms with E-state index in [1.807, 2.05) is 18.2 Å². The van der Waals surface area contributed by atoms with Crippen LogP contribution in [0, 0.1) is 22.6 Å². The summed E-state index contributed by atoms with van der Waals surface area (Å²) in [5, 5.41) is 11.2. The first-order valence-corrected chi connectivity index (χ1v) is 15.9. The van der Waals surface area contributed by atoms with Gasteiger partial charge in [-0.25, -0.2) is 4.39 Å². The van der Waals surface area contributed by atoms with Gasteiger partial charge in [-0.2, -0.15) is 15.2 Å². The molecular formula is C34H39ClFN7O2. The SMILES string of the molecule is C=CC(=O)N1CCN(c2nc(OCC3([C@H](C)N(C)C)CC3)nc3c2CCN(c2cccc4ccc(F)c(Cl)c24)C3)C[C@@H]1CC#N. The Morgan fingerprint density at radius 3 is 2.76 bits per heavy atom. The number of fused-ring (bicyclic) bond motifs is 2. The number of nitriles is 1. The van der Waals surface area contributed by atoms with E-state index in [0.717, 1.165) is 41.0 Å². The lowest BCUT2D eigenvalue weighted by Gasteiger charge is -2.42. The van der Waals surface area contributed by atoms with Gasteiger partial charge >= 0.3 is 6.01 Å². The summed E-state index contributed by atoms with van der Waals surface area (Å²) in [5.41, 5.74) is 2.79. The van der Waals surface area contributed by atoms with Gasteiger partial charge in [0.2, 0.25) is 5.91 Å². The number of hydrogen-bond acceptors (Lipinski definition) is 8. The monoisotopic (exact) mass is 631 g/mol. The van der Waals surface area contributed by atoms with Crippen molar-refractivity contribution in [3.63, 3.8) is 0 Å². The molecule has 236 valence electrons. The van der Waals surface area contributed by atoms with Gasteiger partial charge in [0.25, 0.3) is 0 Å². The second-order valence-corrected chi connectivity index (χ2v) is 13.0. The summed E-state index contributed by atoms with van der Waals surface area (Å²) in [5.74, 6) is 0.168. The van der Waals surface area contributed by atoms with Crippen LogP contribution in [-0.4, -0.2) is 84.6 Å². The molecule has 6 rings (SSSR count). The number of hydrogen-bond donors (Lipinski definition) is 0. The third-order valence-corrected chi connectivity index (χ3v) is 10.3. The number of carbonyl (C=O) groups excluding carboxylic acids is 1. The summed E-state index contributed by atoms with van der Waals surface area (Å²) >= 11 is 6.51. The van der Waals surface area contributed by atoms with Crippen molar-refractivity contribution in [1.82, 2.24) is 19.8 Å². The van der Waals surface area contributed by atoms with Crippen LogP contribution in [0.25, 0.3) is 10.8 Å². The lowest BCUT2D eigenvalue weighted by atomic mass is 9.98. The van der Waals surface area contributed by atoms with Crippen LogP contribution in [0.2, 0.25) is 5.02 Å². The highest BCUT2D eigenvalue weighted by atomic mass is 35.5. The zero-order valence-electron chi connectivity index (χ0n) is 26.1. The van der Waals surface area contributed by atoms with Crippen LogP contribution in [0.1, 0.15) is 37.4 Å². The Labute approximate surface area is 268 Å². The standard InChI is InChI=1S/C34H39ClFN7O2/c1-5-29(44)43-18-17-42(19-24(43)11-15-37)32-25-12-16-41(28-8-6-7-23-9-10-26(36)31(35)30(23)28)20-27(25)38-33(39-32)45-21-34(13-14-34)22(2)40(3)4/h5-10,22,24H,1,11-14,16-21H2,2-4H3/t22-,24-/m0/s1. The number of ether oxygens (including phenoxy) is 1. The van der Waals surface area contributed by atoms with Crippen LogP contribution >= 0.6 is 11.6 Å². The molecule has 2 fully saturated rings. The lowest BCUT2D eigenvalue weighted by Crippen LogP contribution is -2.55. The van der Waals surface area contributed by atoms with Crippen LogP contribution in [0.3, 0.4) is 0 Å². The maximum Gasteiger partial charge on any atom is 0.318 e. The molecule has 1 amide bonds. The van der Waals surface area contributed by atoms with Crippen molar-refractivity contribution in [1.29, 1.82) is 5.26 Å². The van der Waals surface area contributed by atoms with E-state index < -0.39 is 5.82 Å². The third-order valence-electron chi connectivity index (χ3n) is 9.89. The number of piperazine rings is 1. The van der Waals surface area contributed by atoms with Crippen molar-refractivity contribution in [3.8, 4) is 12.1 Å². The topological polar surface area (TPSA) is 88.8 Å². The Hall–Kier alpha value is -3.94. The number of anilines is 2. The number of rotatable bonds is 9. The first-order chi connectivity index (χ1) is 21.7. The van der Waals surface area contributed by atoms with Crippen molar-refractivity contribution < 1.29 is 13.9 Å². The van der Waals surface area contributed by atoms with E-state index in [1.54, 1.807) is 11.0 Å². The second-order valence-electron chi connectivity index (χ2n) is 12.7. The Bertz CT molecular complexity index is 1670. The van der Waals surface area contributed by atoms with E-state index >= 15 is 0 Å². The molecule has 0 unspecified atom stereocenters. The van der Waals surface area contributed by atoms with E-state index in [0.29, 0.717) is 63.2 Å². The molecule has 3 aliphatic rings. The van der Waals surface area contributed by atoms with Crippen molar-refractivity contribution in [2.75, 3.05) is 56.7 Å². The molecule has 1 aliphatic carbocycles. The number of carbonyl (C=O) groups is 1. The number of aromatic nitrogens is 2. The molecule has 3 aromatic rings. The molecule has 9 nitrogen and oxygen atoms in total. The average molecular weight is 632 g/mol. The minimum atomic E-state index is -0.448. The van der Waals surface area contributed by atoms with Gasteiger partial charge in [-0.3, -0.25) is 4.79 Å². The molecule has 0 spiro atoms. The molecule has 0 radical (unpaired) electrons. The van der Waals surface area contributed by atoms with E-state index in [1.165, 1.54) is 12.1 Å². The summed E-state index contributed by atoms with van der Waals surface area (Å²) in [7, 11) is 4.18. The van der Waals surface area contributed by atoms with Gasteiger partial charge in [0.05, 0.1) is 42.4 Å².